The summed E-state index contributed by atoms with van der Waals surface area (Å²) < 4.78 is 7.47. The van der Waals surface area contributed by atoms with Crippen molar-refractivity contribution in [2.24, 2.45) is 0 Å². The van der Waals surface area contributed by atoms with Crippen LogP contribution in [0.1, 0.15) is 51.5 Å². The molecule has 3 heterocycles. The number of aromatic carboxylic acids is 1. The highest BCUT2D eigenvalue weighted by molar-refractivity contribution is 7.80. The van der Waals surface area contributed by atoms with Crippen molar-refractivity contribution in [2.75, 3.05) is 19.0 Å². The van der Waals surface area contributed by atoms with Gasteiger partial charge in [0.05, 0.1) is 36.1 Å². The summed E-state index contributed by atoms with van der Waals surface area (Å²) in [6.07, 6.45) is 1.97. The summed E-state index contributed by atoms with van der Waals surface area (Å²) in [5.74, 6) is -0.523. The first kappa shape index (κ1) is 27.9. The third-order valence-corrected chi connectivity index (χ3v) is 7.67. The molecule has 2 atom stereocenters. The number of pyridine rings is 1. The maximum absolute atomic E-state index is 13.0. The first-order chi connectivity index (χ1) is 19.8. The number of carbonyl (C=O) groups is 2. The van der Waals surface area contributed by atoms with E-state index in [1.807, 2.05) is 44.2 Å². The number of carboxylic acids is 1. The van der Waals surface area contributed by atoms with Crippen LogP contribution in [0.4, 0.5) is 5.69 Å². The number of para-hydroxylation sites is 2. The number of benzene rings is 2. The number of carboxylic acid groups (broad SMARTS) is 1. The highest BCUT2D eigenvalue weighted by Crippen LogP contribution is 2.41. The summed E-state index contributed by atoms with van der Waals surface area (Å²) in [5.41, 5.74) is 5.58. The standard InChI is InChI=1S/C31H31N5O4S/c1-19-18-23(20(2)36(19)22-13-11-21(12-14-22)30(38)39)29-28(25-9-6-7-16-32-25)34-31(41)35(29)17-15-27(37)33-24-8-4-5-10-26(24)40-3/h4-14,16,18,28-29H,15,17H2,1-3H3,(H,33,37)(H,34,41)(H,38,39). The number of rotatable bonds is 9. The van der Waals surface area contributed by atoms with Gasteiger partial charge in [0.2, 0.25) is 5.91 Å². The molecule has 4 aromatic rings. The van der Waals surface area contributed by atoms with Gasteiger partial charge in [0.15, 0.2) is 5.11 Å². The van der Waals surface area contributed by atoms with Crippen LogP contribution in [-0.4, -0.2) is 50.2 Å². The number of amides is 1. The van der Waals surface area contributed by atoms with E-state index in [9.17, 15) is 14.7 Å². The second-order valence-electron chi connectivity index (χ2n) is 9.83. The minimum Gasteiger partial charge on any atom is -0.495 e. The summed E-state index contributed by atoms with van der Waals surface area (Å²) in [4.78, 5) is 31.0. The Bertz CT molecular complexity index is 1590. The van der Waals surface area contributed by atoms with Gasteiger partial charge in [0.25, 0.3) is 0 Å². The van der Waals surface area contributed by atoms with Gasteiger partial charge >= 0.3 is 5.97 Å². The molecule has 210 valence electrons. The normalized spacial score (nSPS) is 16.4. The second-order valence-corrected chi connectivity index (χ2v) is 10.2. The Kier molecular flexibility index (Phi) is 8.02. The average molecular weight is 570 g/mol. The minimum absolute atomic E-state index is 0.152. The lowest BCUT2D eigenvalue weighted by Crippen LogP contribution is -2.33. The van der Waals surface area contributed by atoms with Crippen LogP contribution in [0.5, 0.6) is 5.75 Å². The van der Waals surface area contributed by atoms with Crippen molar-refractivity contribution in [3.63, 3.8) is 0 Å². The first-order valence-electron chi connectivity index (χ1n) is 13.2. The lowest BCUT2D eigenvalue weighted by molar-refractivity contribution is -0.116. The number of thiocarbonyl (C=S) groups is 1. The molecule has 41 heavy (non-hydrogen) atoms. The summed E-state index contributed by atoms with van der Waals surface area (Å²) in [6.45, 7) is 4.44. The highest BCUT2D eigenvalue weighted by Gasteiger charge is 2.41. The molecule has 2 aromatic heterocycles. The minimum atomic E-state index is -0.965. The predicted octanol–water partition coefficient (Wildman–Crippen LogP) is 5.20. The monoisotopic (exact) mass is 569 g/mol. The van der Waals surface area contributed by atoms with Crippen molar-refractivity contribution in [1.29, 1.82) is 0 Å². The zero-order valence-corrected chi connectivity index (χ0v) is 23.8. The number of carbonyl (C=O) groups excluding carboxylic acids is 1. The van der Waals surface area contributed by atoms with Gasteiger partial charge in [-0.05, 0) is 86.2 Å². The topological polar surface area (TPSA) is 109 Å². The number of methoxy groups -OCH3 is 1. The smallest absolute Gasteiger partial charge is 0.335 e. The van der Waals surface area contributed by atoms with Crippen LogP contribution in [0, 0.1) is 13.8 Å². The van der Waals surface area contributed by atoms with E-state index < -0.39 is 5.97 Å². The van der Waals surface area contributed by atoms with Crippen molar-refractivity contribution >= 4 is 34.9 Å². The number of hydrogen-bond donors (Lipinski definition) is 3. The number of nitrogens with zero attached hydrogens (tertiary/aromatic N) is 3. The summed E-state index contributed by atoms with van der Waals surface area (Å²) >= 11 is 5.80. The molecule has 0 spiro atoms. The van der Waals surface area contributed by atoms with Crippen LogP contribution in [-0.2, 0) is 4.79 Å². The molecule has 2 aromatic carbocycles. The van der Waals surface area contributed by atoms with Gasteiger partial charge < -0.3 is 29.9 Å². The maximum atomic E-state index is 13.0. The quantitative estimate of drug-likeness (QED) is 0.236. The molecule has 0 saturated carbocycles. The zero-order chi connectivity index (χ0) is 29.1. The summed E-state index contributed by atoms with van der Waals surface area (Å²) in [6, 6.07) is 21.6. The van der Waals surface area contributed by atoms with E-state index in [4.69, 9.17) is 17.0 Å². The third-order valence-electron chi connectivity index (χ3n) is 7.32. The molecule has 10 heteroatoms. The van der Waals surface area contributed by atoms with E-state index in [-0.39, 0.29) is 30.0 Å². The number of hydrogen-bond acceptors (Lipinski definition) is 5. The van der Waals surface area contributed by atoms with Gasteiger partial charge in [-0.3, -0.25) is 9.78 Å². The maximum Gasteiger partial charge on any atom is 0.335 e. The number of aromatic nitrogens is 2. The van der Waals surface area contributed by atoms with E-state index in [0.717, 1.165) is 28.3 Å². The lowest BCUT2D eigenvalue weighted by Gasteiger charge is -2.28. The molecule has 0 bridgehead atoms. The van der Waals surface area contributed by atoms with Gasteiger partial charge in [-0.2, -0.15) is 0 Å². The molecule has 1 aliphatic heterocycles. The Morgan fingerprint density at radius 3 is 2.49 bits per heavy atom. The molecule has 9 nitrogen and oxygen atoms in total. The van der Waals surface area contributed by atoms with Crippen molar-refractivity contribution in [1.82, 2.24) is 19.8 Å². The van der Waals surface area contributed by atoms with Crippen molar-refractivity contribution in [3.05, 3.63) is 107 Å². The highest BCUT2D eigenvalue weighted by atomic mass is 32.1. The summed E-state index contributed by atoms with van der Waals surface area (Å²) in [5, 5.41) is 16.3. The Morgan fingerprint density at radius 2 is 1.80 bits per heavy atom. The molecule has 1 fully saturated rings. The SMILES string of the molecule is COc1ccccc1NC(=O)CCN1C(=S)NC(c2ccccn2)C1c1cc(C)n(-c2ccc(C(=O)O)cc2)c1C. The van der Waals surface area contributed by atoms with E-state index in [0.29, 0.717) is 23.1 Å². The molecule has 0 radical (unpaired) electrons. The Morgan fingerprint density at radius 1 is 1.07 bits per heavy atom. The van der Waals surface area contributed by atoms with Gasteiger partial charge in [0, 0.05) is 36.2 Å². The fourth-order valence-corrected chi connectivity index (χ4v) is 5.74. The number of ether oxygens (including phenoxy) is 1. The summed E-state index contributed by atoms with van der Waals surface area (Å²) in [7, 11) is 1.57. The van der Waals surface area contributed by atoms with Gasteiger partial charge in [0.1, 0.15) is 5.75 Å². The molecule has 2 unspecified atom stereocenters. The van der Waals surface area contributed by atoms with Crippen LogP contribution in [0.15, 0.2) is 79.0 Å². The molecule has 3 N–H and O–H groups in total. The number of nitrogens with one attached hydrogen (secondary N) is 2. The van der Waals surface area contributed by atoms with E-state index in [1.54, 1.807) is 49.7 Å². The van der Waals surface area contributed by atoms with Gasteiger partial charge in [-0.15, -0.1) is 0 Å². The molecular formula is C31H31N5O4S. The molecule has 0 aliphatic carbocycles. The van der Waals surface area contributed by atoms with Gasteiger partial charge in [-0.1, -0.05) is 18.2 Å². The Labute approximate surface area is 243 Å². The van der Waals surface area contributed by atoms with E-state index in [1.165, 1.54) is 0 Å². The fourth-order valence-electron chi connectivity index (χ4n) is 5.40. The molecule has 5 rings (SSSR count). The van der Waals surface area contributed by atoms with Crippen LogP contribution in [0.25, 0.3) is 5.69 Å². The average Bonchev–Trinajstić information content (AvgIpc) is 3.46. The third kappa shape index (κ3) is 5.64. The molecule has 1 saturated heterocycles. The van der Waals surface area contributed by atoms with Crippen molar-refractivity contribution in [2.45, 2.75) is 32.4 Å². The van der Waals surface area contributed by atoms with Crippen molar-refractivity contribution in [3.8, 4) is 11.4 Å². The zero-order valence-electron chi connectivity index (χ0n) is 23.0. The Hall–Kier alpha value is -4.70. The lowest BCUT2D eigenvalue weighted by atomic mass is 9.96. The predicted molar refractivity (Wildman–Crippen MR) is 161 cm³/mol. The number of aryl methyl sites for hydroxylation is 1. The first-order valence-corrected chi connectivity index (χ1v) is 13.6. The molecular weight excluding hydrogens is 538 g/mol. The van der Waals surface area contributed by atoms with Gasteiger partial charge in [-0.25, -0.2) is 4.79 Å². The molecule has 1 aliphatic rings. The Balaban J connectivity index is 1.46. The van der Waals surface area contributed by atoms with Crippen LogP contribution >= 0.6 is 12.2 Å². The van der Waals surface area contributed by atoms with E-state index in [2.05, 4.69) is 31.2 Å². The molecule has 1 amide bonds. The fraction of sp³-hybridized carbons (Fsp3) is 0.226. The van der Waals surface area contributed by atoms with E-state index >= 15 is 0 Å². The van der Waals surface area contributed by atoms with Crippen LogP contribution in [0.3, 0.4) is 0 Å². The van der Waals surface area contributed by atoms with Crippen LogP contribution < -0.4 is 15.4 Å². The largest absolute Gasteiger partial charge is 0.495 e. The van der Waals surface area contributed by atoms with Crippen LogP contribution in [0.2, 0.25) is 0 Å². The number of anilines is 1. The second kappa shape index (κ2) is 11.8. The van der Waals surface area contributed by atoms with Crippen molar-refractivity contribution < 1.29 is 19.4 Å².